The van der Waals surface area contributed by atoms with E-state index >= 15 is 0 Å². The molecular weight excluding hydrogens is 468 g/mol. The number of carboxylic acids is 1. The van der Waals surface area contributed by atoms with Gasteiger partial charge in [-0.2, -0.15) is 4.72 Å². The number of rotatable bonds is 9. The van der Waals surface area contributed by atoms with Crippen molar-refractivity contribution in [2.45, 2.75) is 58.9 Å². The highest BCUT2D eigenvalue weighted by molar-refractivity contribution is 7.89. The van der Waals surface area contributed by atoms with Crippen molar-refractivity contribution in [1.82, 2.24) is 9.71 Å². The van der Waals surface area contributed by atoms with Crippen molar-refractivity contribution in [3.05, 3.63) is 57.8 Å². The van der Waals surface area contributed by atoms with Crippen LogP contribution in [0, 0.1) is 26.7 Å². The summed E-state index contributed by atoms with van der Waals surface area (Å²) in [5.41, 5.74) is 4.65. The van der Waals surface area contributed by atoms with Gasteiger partial charge in [0.25, 0.3) is 0 Å². The minimum absolute atomic E-state index is 0.0501. The summed E-state index contributed by atoms with van der Waals surface area (Å²) in [5, 5.41) is 10.3. The Morgan fingerprint density at radius 2 is 1.77 bits per heavy atom. The number of aromatic amines is 1. The first-order chi connectivity index (χ1) is 16.3. The monoisotopic (exact) mass is 500 g/mol. The van der Waals surface area contributed by atoms with Gasteiger partial charge in [0, 0.05) is 34.6 Å². The summed E-state index contributed by atoms with van der Waals surface area (Å²) in [6.07, 6.45) is 2.05. The third-order valence-corrected chi connectivity index (χ3v) is 8.22. The van der Waals surface area contributed by atoms with E-state index in [-0.39, 0.29) is 10.7 Å². The van der Waals surface area contributed by atoms with Crippen LogP contribution < -0.4 is 9.46 Å². The van der Waals surface area contributed by atoms with Gasteiger partial charge in [0.1, 0.15) is 11.8 Å². The average Bonchev–Trinajstić information content (AvgIpc) is 3.19. The molecule has 35 heavy (non-hydrogen) atoms. The zero-order valence-corrected chi connectivity index (χ0v) is 21.9. The van der Waals surface area contributed by atoms with Crippen LogP contribution in [0.15, 0.2) is 29.3 Å². The highest BCUT2D eigenvalue weighted by atomic mass is 32.2. The van der Waals surface area contributed by atoms with Gasteiger partial charge in [-0.3, -0.25) is 9.59 Å². The van der Waals surface area contributed by atoms with Gasteiger partial charge < -0.3 is 14.8 Å². The van der Waals surface area contributed by atoms with Crippen molar-refractivity contribution in [1.29, 1.82) is 0 Å². The number of H-pyrrole nitrogens is 1. The number of carbonyl (C=O) groups excluding carboxylic acids is 1. The lowest BCUT2D eigenvalue weighted by molar-refractivity contribution is -0.140. The van der Waals surface area contributed by atoms with Gasteiger partial charge in [-0.1, -0.05) is 19.9 Å². The summed E-state index contributed by atoms with van der Waals surface area (Å²) in [6, 6.07) is 4.47. The Bertz CT molecular complexity index is 1420. The minimum atomic E-state index is -4.15. The molecule has 3 N–H and O–H groups in total. The maximum Gasteiger partial charge on any atom is 0.322 e. The van der Waals surface area contributed by atoms with Gasteiger partial charge >= 0.3 is 5.97 Å². The highest BCUT2D eigenvalue weighted by Gasteiger charge is 2.32. The fourth-order valence-electron chi connectivity index (χ4n) is 4.52. The molecule has 188 valence electrons. The SMILES string of the molecule is COc1c(C)c(C)c(S(=O)(=O)N[C@@H](C(=O)O)C(C)C)c(C)c1Cc1ccc2[nH]cc(C(C)=O)c2c1. The number of ketones is 1. The molecule has 0 spiro atoms. The zero-order chi connectivity index (χ0) is 26.2. The van der Waals surface area contributed by atoms with E-state index in [1.165, 1.54) is 6.92 Å². The van der Waals surface area contributed by atoms with Crippen LogP contribution >= 0.6 is 0 Å². The standard InChI is InChI=1S/C26H32N2O6S/c1-13(2)23(26(30)31)28-35(32,33)25-15(4)14(3)24(34-7)19(16(25)5)10-18-8-9-22-20(11-18)21(12-27-22)17(6)29/h8-9,11-13,23,27-28H,10H2,1-7H3,(H,30,31)/t23-/m1/s1. The van der Waals surface area contributed by atoms with E-state index in [9.17, 15) is 23.1 Å². The maximum atomic E-state index is 13.5. The normalized spacial score (nSPS) is 12.8. The Kier molecular flexibility index (Phi) is 7.42. The maximum absolute atomic E-state index is 13.5. The van der Waals surface area contributed by atoms with Crippen molar-refractivity contribution >= 4 is 32.7 Å². The van der Waals surface area contributed by atoms with E-state index in [1.54, 1.807) is 47.9 Å². The lowest BCUT2D eigenvalue weighted by atomic mass is 9.93. The zero-order valence-electron chi connectivity index (χ0n) is 21.1. The fourth-order valence-corrected chi connectivity index (χ4v) is 6.43. The number of carbonyl (C=O) groups is 2. The van der Waals surface area contributed by atoms with E-state index in [1.807, 2.05) is 18.2 Å². The molecule has 1 aromatic heterocycles. The van der Waals surface area contributed by atoms with Crippen LogP contribution in [0.4, 0.5) is 0 Å². The summed E-state index contributed by atoms with van der Waals surface area (Å²) < 4.78 is 35.0. The number of sulfonamides is 1. The van der Waals surface area contributed by atoms with Gasteiger partial charge in [-0.05, 0) is 68.0 Å². The second-order valence-corrected chi connectivity index (χ2v) is 10.9. The number of methoxy groups -OCH3 is 1. The Labute approximate surface area is 205 Å². The van der Waals surface area contributed by atoms with E-state index < -0.39 is 28.0 Å². The van der Waals surface area contributed by atoms with E-state index in [0.717, 1.165) is 16.5 Å². The molecule has 0 unspecified atom stereocenters. The first-order valence-electron chi connectivity index (χ1n) is 11.3. The first-order valence-corrected chi connectivity index (χ1v) is 12.8. The number of Topliss-reactive ketones (excluding diaryl/α,β-unsaturated/α-hetero) is 1. The number of hydrogen-bond donors (Lipinski definition) is 3. The predicted octanol–water partition coefficient (Wildman–Crippen LogP) is 4.28. The second-order valence-electron chi connectivity index (χ2n) is 9.21. The molecule has 0 radical (unpaired) electrons. The van der Waals surface area contributed by atoms with Crippen molar-refractivity contribution in [3.63, 3.8) is 0 Å². The largest absolute Gasteiger partial charge is 0.496 e. The van der Waals surface area contributed by atoms with Crippen LogP contribution in [0.25, 0.3) is 10.9 Å². The molecule has 1 heterocycles. The van der Waals surface area contributed by atoms with Crippen molar-refractivity contribution in [3.8, 4) is 5.75 Å². The Morgan fingerprint density at radius 3 is 2.31 bits per heavy atom. The average molecular weight is 501 g/mol. The van der Waals surface area contributed by atoms with Gasteiger partial charge in [-0.15, -0.1) is 0 Å². The molecular formula is C26H32N2O6S. The molecule has 0 aliphatic carbocycles. The number of ether oxygens (including phenoxy) is 1. The number of carboxylic acid groups (broad SMARTS) is 1. The van der Waals surface area contributed by atoms with Gasteiger partial charge in [0.15, 0.2) is 5.78 Å². The summed E-state index contributed by atoms with van der Waals surface area (Å²) in [5.74, 6) is -1.14. The molecule has 2 aromatic carbocycles. The topological polar surface area (TPSA) is 126 Å². The first kappa shape index (κ1) is 26.4. The molecule has 3 rings (SSSR count). The molecule has 1 atom stereocenters. The van der Waals surface area contributed by atoms with Crippen LogP contribution in [0.2, 0.25) is 0 Å². The quantitative estimate of drug-likeness (QED) is 0.377. The Balaban J connectivity index is 2.18. The number of nitrogens with one attached hydrogen (secondary N) is 2. The number of hydrogen-bond acceptors (Lipinski definition) is 5. The van der Waals surface area contributed by atoms with Crippen LogP contribution in [-0.2, 0) is 21.2 Å². The fraction of sp³-hybridized carbons (Fsp3) is 0.385. The Morgan fingerprint density at radius 1 is 1.11 bits per heavy atom. The number of fused-ring (bicyclic) bond motifs is 1. The summed E-state index contributed by atoms with van der Waals surface area (Å²) in [7, 11) is -2.61. The smallest absolute Gasteiger partial charge is 0.322 e. The molecule has 0 bridgehead atoms. The molecule has 3 aromatic rings. The van der Waals surface area contributed by atoms with Gasteiger partial charge in [0.05, 0.1) is 12.0 Å². The van der Waals surface area contributed by atoms with Crippen LogP contribution in [0.1, 0.15) is 58.9 Å². The van der Waals surface area contributed by atoms with Gasteiger partial charge in [-0.25, -0.2) is 8.42 Å². The number of aromatic nitrogens is 1. The van der Waals surface area contributed by atoms with E-state index in [2.05, 4.69) is 9.71 Å². The number of aliphatic carboxylic acids is 1. The predicted molar refractivity (Wildman–Crippen MR) is 135 cm³/mol. The van der Waals surface area contributed by atoms with Crippen molar-refractivity contribution in [2.24, 2.45) is 5.92 Å². The molecule has 0 fully saturated rings. The lowest BCUT2D eigenvalue weighted by Crippen LogP contribution is -2.44. The molecule has 9 heteroatoms. The molecule has 0 aliphatic rings. The molecule has 0 saturated heterocycles. The number of benzene rings is 2. The second kappa shape index (κ2) is 9.83. The molecule has 0 amide bonds. The van der Waals surface area contributed by atoms with Crippen LogP contribution in [0.3, 0.4) is 0 Å². The molecule has 0 saturated carbocycles. The Hall–Kier alpha value is -3.17. The molecule has 8 nitrogen and oxygen atoms in total. The lowest BCUT2D eigenvalue weighted by Gasteiger charge is -2.24. The van der Waals surface area contributed by atoms with Crippen molar-refractivity contribution in [2.75, 3.05) is 7.11 Å². The summed E-state index contributed by atoms with van der Waals surface area (Å²) in [6.45, 7) is 10.0. The molecule has 0 aliphatic heterocycles. The van der Waals surface area contributed by atoms with Crippen LogP contribution in [0.5, 0.6) is 5.75 Å². The summed E-state index contributed by atoms with van der Waals surface area (Å²) in [4.78, 5) is 26.8. The van der Waals surface area contributed by atoms with Crippen LogP contribution in [-0.4, -0.2) is 43.4 Å². The highest BCUT2D eigenvalue weighted by Crippen LogP contribution is 2.37. The van der Waals surface area contributed by atoms with E-state index in [0.29, 0.717) is 40.0 Å². The third-order valence-electron chi connectivity index (χ3n) is 6.51. The third kappa shape index (κ3) is 4.97. The summed E-state index contributed by atoms with van der Waals surface area (Å²) >= 11 is 0. The van der Waals surface area contributed by atoms with Crippen molar-refractivity contribution < 1.29 is 27.9 Å². The van der Waals surface area contributed by atoms with E-state index in [4.69, 9.17) is 4.74 Å². The van der Waals surface area contributed by atoms with Gasteiger partial charge in [0.2, 0.25) is 10.0 Å². The minimum Gasteiger partial charge on any atom is -0.496 e.